The summed E-state index contributed by atoms with van der Waals surface area (Å²) >= 11 is 0. The van der Waals surface area contributed by atoms with Crippen LogP contribution in [0.25, 0.3) is 10.9 Å². The molecule has 4 aromatic rings. The second-order valence-corrected chi connectivity index (χ2v) is 27.3. The number of fused-ring (bicyclic) bond motifs is 1. The third-order valence-corrected chi connectivity index (χ3v) is 13.4. The predicted octanol–water partition coefficient (Wildman–Crippen LogP) is 9.58. The molecule has 0 unspecified atom stereocenters. The van der Waals surface area contributed by atoms with Gasteiger partial charge in [-0.2, -0.15) is 0 Å². The van der Waals surface area contributed by atoms with Crippen molar-refractivity contribution in [3.63, 3.8) is 0 Å². The van der Waals surface area contributed by atoms with Gasteiger partial charge in [0.2, 0.25) is 29.6 Å². The number of amides is 7. The largest absolute Gasteiger partial charge is 0.488 e. The van der Waals surface area contributed by atoms with Crippen molar-refractivity contribution in [1.29, 1.82) is 0 Å². The van der Waals surface area contributed by atoms with Crippen molar-refractivity contribution in [3.05, 3.63) is 95.7 Å². The number of hydrogen-bond acceptors (Lipinski definition) is 13. The van der Waals surface area contributed by atoms with Crippen molar-refractivity contribution < 1.29 is 57.2 Å². The van der Waals surface area contributed by atoms with Crippen molar-refractivity contribution >= 4 is 58.8 Å². The smallest absolute Gasteiger partial charge is 0.437 e. The average molecular weight is 1230 g/mol. The Bertz CT molecular complexity index is 2980. The molecule has 0 bridgehead atoms. The Morgan fingerprint density at radius 2 is 1.12 bits per heavy atom. The van der Waals surface area contributed by atoms with Crippen molar-refractivity contribution in [3.8, 4) is 11.5 Å². The first-order valence-electron chi connectivity index (χ1n) is 30.4. The van der Waals surface area contributed by atoms with Gasteiger partial charge in [0.05, 0.1) is 6.04 Å². The first-order chi connectivity index (χ1) is 40.8. The van der Waals surface area contributed by atoms with Crippen LogP contribution in [0.2, 0.25) is 0 Å². The van der Waals surface area contributed by atoms with Gasteiger partial charge in [-0.1, -0.05) is 61.7 Å². The molecule has 88 heavy (non-hydrogen) atoms. The van der Waals surface area contributed by atoms with E-state index in [-0.39, 0.29) is 51.2 Å². The van der Waals surface area contributed by atoms with E-state index in [1.54, 1.807) is 87.7 Å². The number of aromatic nitrogens is 1. The van der Waals surface area contributed by atoms with Crippen molar-refractivity contribution in [2.45, 2.75) is 226 Å². The molecule has 0 aliphatic carbocycles. The molecular formula is C66H100N10O12. The monoisotopic (exact) mass is 1220 g/mol. The highest BCUT2D eigenvalue weighted by Crippen LogP contribution is 2.31. The van der Waals surface area contributed by atoms with Gasteiger partial charge in [0, 0.05) is 50.1 Å². The van der Waals surface area contributed by atoms with Gasteiger partial charge in [-0.25, -0.2) is 14.4 Å². The average Bonchev–Trinajstić information content (AvgIpc) is 1.12. The Balaban J connectivity index is 1.77. The summed E-state index contributed by atoms with van der Waals surface area (Å²) in [6, 6.07) is 18.5. The molecule has 1 aromatic heterocycles. The first kappa shape index (κ1) is 72.6. The molecule has 0 saturated carbocycles. The molecule has 22 heteroatoms. The number of likely N-dealkylation sites (N-methyl/N-ethyl adjacent to an activating group) is 1. The number of hydrogen-bond donors (Lipinski definition) is 8. The topological polar surface area (TPSA) is 309 Å². The highest BCUT2D eigenvalue weighted by atomic mass is 16.6. The summed E-state index contributed by atoms with van der Waals surface area (Å²) in [5.41, 5.74) is 10.8. The molecule has 4 atom stereocenters. The van der Waals surface area contributed by atoms with Gasteiger partial charge >= 0.3 is 18.3 Å². The molecule has 0 radical (unpaired) electrons. The molecule has 1 heterocycles. The second kappa shape index (κ2) is 31.9. The maximum absolute atomic E-state index is 16.0. The molecular weight excluding hydrogens is 1120 g/mol. The van der Waals surface area contributed by atoms with Crippen LogP contribution < -0.4 is 47.5 Å². The summed E-state index contributed by atoms with van der Waals surface area (Å²) < 4.78 is 28.4. The van der Waals surface area contributed by atoms with Gasteiger partial charge in [0.15, 0.2) is 0 Å². The Kier molecular flexibility index (Phi) is 26.3. The molecule has 22 nitrogen and oxygen atoms in total. The van der Waals surface area contributed by atoms with E-state index in [0.29, 0.717) is 55.6 Å². The van der Waals surface area contributed by atoms with Crippen LogP contribution in [0.15, 0.2) is 84.0 Å². The lowest BCUT2D eigenvalue weighted by Gasteiger charge is -2.43. The number of rotatable bonds is 27. The van der Waals surface area contributed by atoms with Crippen LogP contribution in [0.5, 0.6) is 11.5 Å². The van der Waals surface area contributed by atoms with Crippen LogP contribution in [-0.2, 0) is 52.7 Å². The van der Waals surface area contributed by atoms with E-state index in [2.05, 4.69) is 36.6 Å². The van der Waals surface area contributed by atoms with E-state index >= 15 is 9.59 Å². The SMILES string of the molecule is CN(C(=O)[C@@H](N)Cc1ccc(OC(C)(C)C)cc1)[C@@](CCCCCCNC(=NC(=O)OC(C)(C)C)NC(=O)OC(C)(C)C)(Cc1ccc(OC(C)(C)C)cc1)C(=O)N[C@@H](CCCCNC(=O)OC(C)(C)C)C(=O)N[C@@H](Cc1c[nH]c2ccccc12)C(N)=O. The summed E-state index contributed by atoms with van der Waals surface area (Å²) in [7, 11) is 1.55. The van der Waals surface area contributed by atoms with Gasteiger partial charge in [-0.05, 0) is 189 Å². The van der Waals surface area contributed by atoms with Gasteiger partial charge in [-0.3, -0.25) is 24.5 Å². The number of alkyl carbamates (subject to hydrolysis) is 2. The number of carbonyl (C=O) groups is 7. The highest BCUT2D eigenvalue weighted by Gasteiger charge is 2.47. The number of aliphatic imine (C=N–C) groups is 1. The minimum Gasteiger partial charge on any atom is -0.488 e. The number of para-hydroxylation sites is 1. The molecule has 0 fully saturated rings. The fourth-order valence-corrected chi connectivity index (χ4v) is 9.48. The minimum absolute atomic E-state index is 0.0383. The molecule has 0 aliphatic rings. The molecule has 10 N–H and O–H groups in total. The molecule has 4 rings (SSSR count). The number of benzene rings is 3. The number of aromatic amines is 1. The zero-order valence-corrected chi connectivity index (χ0v) is 54.9. The number of nitrogens with one attached hydrogen (secondary N) is 6. The van der Waals surface area contributed by atoms with Crippen LogP contribution in [0, 0.1) is 0 Å². The van der Waals surface area contributed by atoms with Crippen LogP contribution >= 0.6 is 0 Å². The number of carbonyl (C=O) groups excluding carboxylic acids is 7. The molecule has 7 amide bonds. The van der Waals surface area contributed by atoms with E-state index in [4.69, 9.17) is 35.2 Å². The van der Waals surface area contributed by atoms with Gasteiger partial charge in [0.25, 0.3) is 0 Å². The number of H-pyrrole nitrogens is 1. The van der Waals surface area contributed by atoms with Crippen molar-refractivity contribution in [1.82, 2.24) is 36.5 Å². The summed E-state index contributed by atoms with van der Waals surface area (Å²) in [4.78, 5) is 106. The Morgan fingerprint density at radius 1 is 0.591 bits per heavy atom. The maximum atomic E-state index is 16.0. The summed E-state index contributed by atoms with van der Waals surface area (Å²) in [6.07, 6.45) is 2.26. The molecule has 486 valence electrons. The van der Waals surface area contributed by atoms with Gasteiger partial charge in [-0.15, -0.1) is 4.99 Å². The Morgan fingerprint density at radius 3 is 1.69 bits per heavy atom. The standard InChI is InChI=1S/C66H100N10O12/c1-61(2,3)84-46-32-28-43(29-33-46)39-49(67)55(79)76(16)66(41-44-30-34-47(35-31-44)85-62(4,5)6,36-22-17-18-23-37-69-57(74-59(82)87-64(10,11)12)75-60(83)88-65(13,14)15)56(80)73-51(27-21-24-38-70-58(81)86-63(7,8)9)54(78)72-52(53(68)77)40-45-42-71-50-26-20-19-25-48(45)50/h19-20,25-26,28-35,42,49,51-52,71H,17-18,21-24,27,36-41,67H2,1-16H3,(H2,68,77)(H,70,81)(H,72,78)(H,73,80)(H2,69,74,75,82,83)/t49-,51-,52-,66-/m0/s1. The number of guanidine groups is 1. The van der Waals surface area contributed by atoms with Crippen LogP contribution in [0.1, 0.15) is 172 Å². The predicted molar refractivity (Wildman–Crippen MR) is 342 cm³/mol. The summed E-state index contributed by atoms with van der Waals surface area (Å²) in [5.74, 6) is -1.63. The van der Waals surface area contributed by atoms with E-state index in [9.17, 15) is 24.0 Å². The van der Waals surface area contributed by atoms with E-state index in [1.807, 2.05) is 102 Å². The lowest BCUT2D eigenvalue weighted by Crippen LogP contribution is -2.65. The van der Waals surface area contributed by atoms with Crippen LogP contribution in [-0.4, -0.2) is 130 Å². The lowest BCUT2D eigenvalue weighted by molar-refractivity contribution is -0.148. The number of nitrogens with two attached hydrogens (primary N) is 2. The fraction of sp³-hybridized carbons (Fsp3) is 0.576. The summed E-state index contributed by atoms with van der Waals surface area (Å²) in [5, 5.41) is 15.0. The van der Waals surface area contributed by atoms with E-state index < -0.39 is 93.6 Å². The summed E-state index contributed by atoms with van der Waals surface area (Å²) in [6.45, 7) is 27.5. The Hall–Kier alpha value is -7.88. The van der Waals surface area contributed by atoms with Crippen molar-refractivity contribution in [2.75, 3.05) is 20.1 Å². The minimum atomic E-state index is -1.72. The quantitative estimate of drug-likeness (QED) is 0.0119. The Labute approximate surface area is 520 Å². The van der Waals surface area contributed by atoms with Crippen LogP contribution in [0.4, 0.5) is 14.4 Å². The number of nitrogens with zero attached hydrogens (tertiary/aromatic N) is 2. The zero-order valence-electron chi connectivity index (χ0n) is 54.9. The van der Waals surface area contributed by atoms with Gasteiger partial charge in [0.1, 0.15) is 57.1 Å². The third-order valence-electron chi connectivity index (χ3n) is 13.4. The lowest BCUT2D eigenvalue weighted by atomic mass is 9.82. The molecule has 0 aliphatic heterocycles. The number of ether oxygens (including phenoxy) is 5. The zero-order chi connectivity index (χ0) is 65.8. The van der Waals surface area contributed by atoms with Crippen molar-refractivity contribution in [2.24, 2.45) is 16.5 Å². The first-order valence-corrected chi connectivity index (χ1v) is 30.4. The number of unbranched alkanes of at least 4 members (excludes halogenated alkanes) is 4. The number of primary amides is 1. The fourth-order valence-electron chi connectivity index (χ4n) is 9.48. The third kappa shape index (κ3) is 26.2. The maximum Gasteiger partial charge on any atom is 0.437 e. The molecule has 0 spiro atoms. The highest BCUT2D eigenvalue weighted by molar-refractivity contribution is 5.99. The second-order valence-electron chi connectivity index (χ2n) is 27.3. The van der Waals surface area contributed by atoms with E-state index in [0.717, 1.165) is 22.0 Å². The normalized spacial score (nSPS) is 14.0. The van der Waals surface area contributed by atoms with Gasteiger partial charge < -0.3 is 66.3 Å². The van der Waals surface area contributed by atoms with E-state index in [1.165, 1.54) is 4.90 Å². The molecule has 0 saturated heterocycles. The van der Waals surface area contributed by atoms with Crippen LogP contribution in [0.3, 0.4) is 0 Å². The molecule has 3 aromatic carbocycles.